The number of hydrogen-bond acceptors (Lipinski definition) is 4. The molecular formula is C12H18N2O2. The molecule has 0 bridgehead atoms. The van der Waals surface area contributed by atoms with Gasteiger partial charge < -0.3 is 9.73 Å². The largest absolute Gasteiger partial charge is 0.411 e. The van der Waals surface area contributed by atoms with E-state index in [1.165, 1.54) is 0 Å². The Balaban J connectivity index is 2.45. The molecule has 0 amide bonds. The van der Waals surface area contributed by atoms with Crippen LogP contribution in [0, 0.1) is 5.41 Å². The fourth-order valence-corrected chi connectivity index (χ4v) is 2.34. The lowest BCUT2D eigenvalue weighted by molar-refractivity contribution is 0.299. The summed E-state index contributed by atoms with van der Waals surface area (Å²) in [6, 6.07) is 0. The van der Waals surface area contributed by atoms with Crippen molar-refractivity contribution in [1.29, 1.82) is 0 Å². The van der Waals surface area contributed by atoms with Gasteiger partial charge in [-0.1, -0.05) is 37.5 Å². The highest BCUT2D eigenvalue weighted by Gasteiger charge is 2.35. The first-order chi connectivity index (χ1) is 7.57. The fourth-order valence-electron chi connectivity index (χ4n) is 2.34. The molecule has 0 saturated carbocycles. The molecular weight excluding hydrogens is 204 g/mol. The summed E-state index contributed by atoms with van der Waals surface area (Å²) in [4.78, 5) is 0. The van der Waals surface area contributed by atoms with E-state index in [-0.39, 0.29) is 5.41 Å². The van der Waals surface area contributed by atoms with Gasteiger partial charge >= 0.3 is 0 Å². The summed E-state index contributed by atoms with van der Waals surface area (Å²) < 4.78 is 5.30. The Labute approximate surface area is 95.3 Å². The van der Waals surface area contributed by atoms with Crippen LogP contribution in [0.15, 0.2) is 9.68 Å². The van der Waals surface area contributed by atoms with Crippen LogP contribution in [0.5, 0.6) is 0 Å². The molecule has 1 heterocycles. The van der Waals surface area contributed by atoms with Gasteiger partial charge in [0.15, 0.2) is 5.76 Å². The zero-order valence-electron chi connectivity index (χ0n) is 10.1. The maximum atomic E-state index is 9.01. The molecule has 88 valence electrons. The molecule has 4 heteroatoms. The highest BCUT2D eigenvalue weighted by molar-refractivity contribution is 6.00. The van der Waals surface area contributed by atoms with Crippen molar-refractivity contribution in [2.75, 3.05) is 0 Å². The van der Waals surface area contributed by atoms with E-state index in [1.54, 1.807) is 0 Å². The predicted molar refractivity (Wildman–Crippen MR) is 60.9 cm³/mol. The van der Waals surface area contributed by atoms with Gasteiger partial charge in [0.2, 0.25) is 0 Å². The topological polar surface area (TPSA) is 58.6 Å². The monoisotopic (exact) mass is 222 g/mol. The molecule has 0 aliphatic heterocycles. The second kappa shape index (κ2) is 3.92. The Morgan fingerprint density at radius 2 is 2.19 bits per heavy atom. The predicted octanol–water partition coefficient (Wildman–Crippen LogP) is 2.78. The number of hydrogen-bond donors (Lipinski definition) is 1. The van der Waals surface area contributed by atoms with Crippen molar-refractivity contribution in [3.05, 3.63) is 17.0 Å². The Morgan fingerprint density at radius 3 is 2.81 bits per heavy atom. The molecule has 0 atom stereocenters. The third kappa shape index (κ3) is 1.84. The van der Waals surface area contributed by atoms with Crippen LogP contribution in [-0.4, -0.2) is 16.1 Å². The minimum Gasteiger partial charge on any atom is -0.411 e. The van der Waals surface area contributed by atoms with Crippen LogP contribution in [0.1, 0.15) is 50.6 Å². The van der Waals surface area contributed by atoms with Crippen molar-refractivity contribution in [3.8, 4) is 0 Å². The second-order valence-electron chi connectivity index (χ2n) is 5.25. The summed E-state index contributed by atoms with van der Waals surface area (Å²) in [5.41, 5.74) is 2.89. The Kier molecular flexibility index (Phi) is 2.74. The molecule has 16 heavy (non-hydrogen) atoms. The molecule has 1 aromatic rings. The Hall–Kier alpha value is -1.32. The summed E-state index contributed by atoms with van der Waals surface area (Å²) in [6.45, 7) is 6.46. The molecule has 0 fully saturated rings. The number of aromatic nitrogens is 1. The van der Waals surface area contributed by atoms with Crippen LogP contribution in [0.4, 0.5) is 0 Å². The summed E-state index contributed by atoms with van der Waals surface area (Å²) in [5.74, 6) is 0.685. The van der Waals surface area contributed by atoms with E-state index in [9.17, 15) is 0 Å². The lowest BCUT2D eigenvalue weighted by atomic mass is 9.75. The van der Waals surface area contributed by atoms with Crippen LogP contribution >= 0.6 is 0 Å². The van der Waals surface area contributed by atoms with Gasteiger partial charge in [0, 0.05) is 12.0 Å². The van der Waals surface area contributed by atoms with Gasteiger partial charge in [-0.25, -0.2) is 0 Å². The average Bonchev–Trinajstić information content (AvgIpc) is 2.59. The Morgan fingerprint density at radius 1 is 1.44 bits per heavy atom. The number of fused-ring (bicyclic) bond motifs is 1. The van der Waals surface area contributed by atoms with E-state index < -0.39 is 0 Å². The van der Waals surface area contributed by atoms with Gasteiger partial charge in [-0.2, -0.15) is 0 Å². The lowest BCUT2D eigenvalue weighted by Crippen LogP contribution is -2.27. The summed E-state index contributed by atoms with van der Waals surface area (Å²) in [6.07, 6.45) is 3.65. The molecule has 1 aliphatic carbocycles. The van der Waals surface area contributed by atoms with Crippen molar-refractivity contribution in [3.63, 3.8) is 0 Å². The minimum absolute atomic E-state index is 0.114. The van der Waals surface area contributed by atoms with E-state index in [1.807, 2.05) is 0 Å². The first kappa shape index (κ1) is 11.2. The first-order valence-corrected chi connectivity index (χ1v) is 5.76. The quantitative estimate of drug-likeness (QED) is 0.618. The van der Waals surface area contributed by atoms with Gasteiger partial charge in [-0.05, 0) is 18.3 Å². The van der Waals surface area contributed by atoms with Crippen molar-refractivity contribution in [2.24, 2.45) is 10.6 Å². The lowest BCUT2D eigenvalue weighted by Gasteiger charge is -2.28. The number of aryl methyl sites for hydroxylation is 1. The van der Waals surface area contributed by atoms with E-state index in [4.69, 9.17) is 9.73 Å². The van der Waals surface area contributed by atoms with Crippen molar-refractivity contribution >= 4 is 5.71 Å². The highest BCUT2D eigenvalue weighted by Crippen LogP contribution is 2.36. The van der Waals surface area contributed by atoms with E-state index in [0.717, 1.165) is 36.9 Å². The fraction of sp³-hybridized carbons (Fsp3) is 0.667. The maximum absolute atomic E-state index is 9.01. The number of rotatable bonds is 2. The van der Waals surface area contributed by atoms with E-state index >= 15 is 0 Å². The minimum atomic E-state index is 0.114. The maximum Gasteiger partial charge on any atom is 0.187 e. The summed E-state index contributed by atoms with van der Waals surface area (Å²) in [5, 5.41) is 16.4. The third-order valence-corrected chi connectivity index (χ3v) is 3.04. The van der Waals surface area contributed by atoms with Crippen molar-refractivity contribution < 1.29 is 9.73 Å². The van der Waals surface area contributed by atoms with Crippen molar-refractivity contribution in [2.45, 2.75) is 46.5 Å². The van der Waals surface area contributed by atoms with Crippen LogP contribution < -0.4 is 0 Å². The molecule has 1 aliphatic rings. The summed E-state index contributed by atoms with van der Waals surface area (Å²) >= 11 is 0. The third-order valence-electron chi connectivity index (χ3n) is 3.04. The average molecular weight is 222 g/mol. The number of nitrogens with zero attached hydrogens (tertiary/aromatic N) is 2. The van der Waals surface area contributed by atoms with Crippen LogP contribution in [0.25, 0.3) is 0 Å². The molecule has 4 nitrogen and oxygen atoms in total. The first-order valence-electron chi connectivity index (χ1n) is 5.76. The molecule has 0 saturated heterocycles. The van der Waals surface area contributed by atoms with Gasteiger partial charge in [-0.3, -0.25) is 0 Å². The van der Waals surface area contributed by atoms with Crippen LogP contribution in [0.3, 0.4) is 0 Å². The smallest absolute Gasteiger partial charge is 0.187 e. The molecule has 1 aromatic heterocycles. The zero-order chi connectivity index (χ0) is 11.8. The molecule has 0 aromatic carbocycles. The van der Waals surface area contributed by atoms with Crippen LogP contribution in [-0.2, 0) is 12.8 Å². The Bertz CT molecular complexity index is 419. The van der Waals surface area contributed by atoms with Gasteiger partial charge in [0.25, 0.3) is 0 Å². The van der Waals surface area contributed by atoms with Crippen molar-refractivity contribution in [1.82, 2.24) is 5.16 Å². The highest BCUT2D eigenvalue weighted by atomic mass is 16.5. The normalized spacial score (nSPS) is 21.1. The molecule has 2 rings (SSSR count). The van der Waals surface area contributed by atoms with Gasteiger partial charge in [0.1, 0.15) is 5.71 Å². The molecule has 0 radical (unpaired) electrons. The SMILES string of the molecule is CCCc1noc2c1CC(C)(C)CC2=NO. The van der Waals surface area contributed by atoms with E-state index in [0.29, 0.717) is 11.5 Å². The van der Waals surface area contributed by atoms with Crippen LogP contribution in [0.2, 0.25) is 0 Å². The molecule has 0 unspecified atom stereocenters. The zero-order valence-corrected chi connectivity index (χ0v) is 10.1. The van der Waals surface area contributed by atoms with Gasteiger partial charge in [0.05, 0.1) is 5.69 Å². The molecule has 1 N–H and O–H groups in total. The van der Waals surface area contributed by atoms with Gasteiger partial charge in [-0.15, -0.1) is 0 Å². The second-order valence-corrected chi connectivity index (χ2v) is 5.25. The standard InChI is InChI=1S/C12H18N2O2/c1-4-5-9-8-6-12(2,3)7-10(13-15)11(8)16-14-9/h15H,4-7H2,1-3H3. The number of oxime groups is 1. The molecule has 0 spiro atoms. The van der Waals surface area contributed by atoms with E-state index in [2.05, 4.69) is 31.1 Å². The summed E-state index contributed by atoms with van der Waals surface area (Å²) in [7, 11) is 0.